The molecule has 2 aliphatic heterocycles. The molecule has 5 rings (SSSR count). The number of methoxy groups -OCH3 is 1. The summed E-state index contributed by atoms with van der Waals surface area (Å²) in [7, 11) is 1.28. The van der Waals surface area contributed by atoms with Crippen LogP contribution in [0.4, 0.5) is 16.4 Å². The van der Waals surface area contributed by atoms with Gasteiger partial charge in [0.05, 0.1) is 48.2 Å². The van der Waals surface area contributed by atoms with E-state index >= 15 is 0 Å². The SMILES string of the molecule is COC(=O)c1ccccc1NC(=O)O[C@@H]1CO[C@H]2[C@@H]1OC[C@@H]2Nc1nccc(-c2cccs2)n1. The minimum Gasteiger partial charge on any atom is -0.465 e. The zero-order valence-corrected chi connectivity index (χ0v) is 19.0. The molecule has 0 saturated carbocycles. The highest BCUT2D eigenvalue weighted by Crippen LogP contribution is 2.31. The molecule has 3 aromatic rings. The fourth-order valence-corrected chi connectivity index (χ4v) is 4.70. The van der Waals surface area contributed by atoms with E-state index in [1.165, 1.54) is 7.11 Å². The normalized spacial score (nSPS) is 23.2. The number of thiophene rings is 1. The maximum Gasteiger partial charge on any atom is 0.412 e. The van der Waals surface area contributed by atoms with Crippen LogP contribution in [0.25, 0.3) is 10.6 Å². The molecular weight excluding hydrogens is 460 g/mol. The van der Waals surface area contributed by atoms with Crippen LogP contribution in [0.15, 0.2) is 54.0 Å². The zero-order valence-electron chi connectivity index (χ0n) is 18.2. The van der Waals surface area contributed by atoms with Crippen LogP contribution in [0.3, 0.4) is 0 Å². The number of rotatable bonds is 6. The Balaban J connectivity index is 1.20. The number of anilines is 2. The average Bonchev–Trinajstić information content (AvgIpc) is 3.60. The fourth-order valence-electron chi connectivity index (χ4n) is 4.00. The van der Waals surface area contributed by atoms with E-state index in [1.54, 1.807) is 41.8 Å². The minimum atomic E-state index is -0.711. The average molecular weight is 483 g/mol. The first kappa shape index (κ1) is 22.3. The predicted octanol–water partition coefficient (Wildman–Crippen LogP) is 3.19. The summed E-state index contributed by atoms with van der Waals surface area (Å²) < 4.78 is 22.1. The van der Waals surface area contributed by atoms with E-state index in [2.05, 4.69) is 20.6 Å². The Morgan fingerprint density at radius 2 is 1.94 bits per heavy atom. The topological polar surface area (TPSA) is 121 Å². The lowest BCUT2D eigenvalue weighted by Gasteiger charge is -2.18. The van der Waals surface area contributed by atoms with Gasteiger partial charge in [-0.05, 0) is 29.6 Å². The van der Waals surface area contributed by atoms with Gasteiger partial charge in [0, 0.05) is 6.20 Å². The number of fused-ring (bicyclic) bond motifs is 1. The number of esters is 1. The van der Waals surface area contributed by atoms with Crippen molar-refractivity contribution >= 4 is 35.0 Å². The summed E-state index contributed by atoms with van der Waals surface area (Å²) in [5.41, 5.74) is 1.36. The molecule has 1 aromatic carbocycles. The molecule has 0 spiro atoms. The van der Waals surface area contributed by atoms with Crippen molar-refractivity contribution in [2.75, 3.05) is 31.0 Å². The van der Waals surface area contributed by atoms with Gasteiger partial charge in [-0.3, -0.25) is 5.32 Å². The summed E-state index contributed by atoms with van der Waals surface area (Å²) in [6.45, 7) is 0.546. The number of carbonyl (C=O) groups excluding carboxylic acids is 2. The Bertz CT molecular complexity index is 1170. The van der Waals surface area contributed by atoms with Gasteiger partial charge >= 0.3 is 12.1 Å². The Labute approximate surface area is 199 Å². The van der Waals surface area contributed by atoms with E-state index in [4.69, 9.17) is 18.9 Å². The highest BCUT2D eigenvalue weighted by molar-refractivity contribution is 7.13. The second-order valence-electron chi connectivity index (χ2n) is 7.70. The van der Waals surface area contributed by atoms with Gasteiger partial charge in [-0.25, -0.2) is 19.6 Å². The predicted molar refractivity (Wildman–Crippen MR) is 124 cm³/mol. The summed E-state index contributed by atoms with van der Waals surface area (Å²) in [6.07, 6.45) is -0.359. The van der Waals surface area contributed by atoms with E-state index < -0.39 is 24.3 Å². The van der Waals surface area contributed by atoms with Crippen LogP contribution >= 0.6 is 11.3 Å². The lowest BCUT2D eigenvalue weighted by molar-refractivity contribution is 0.00916. The summed E-state index contributed by atoms with van der Waals surface area (Å²) in [5.74, 6) is -0.0798. The Morgan fingerprint density at radius 1 is 1.09 bits per heavy atom. The van der Waals surface area contributed by atoms with Crippen molar-refractivity contribution in [2.24, 2.45) is 0 Å². The molecular formula is C23H22N4O6S. The highest BCUT2D eigenvalue weighted by Gasteiger charge is 2.49. The molecule has 4 atom stereocenters. The van der Waals surface area contributed by atoms with Gasteiger partial charge in [-0.1, -0.05) is 18.2 Å². The third-order valence-corrected chi connectivity index (χ3v) is 6.47. The van der Waals surface area contributed by atoms with E-state index in [1.807, 2.05) is 23.6 Å². The molecule has 1 amide bonds. The molecule has 0 aliphatic carbocycles. The molecule has 10 nitrogen and oxygen atoms in total. The van der Waals surface area contributed by atoms with Crippen molar-refractivity contribution in [3.8, 4) is 10.6 Å². The molecule has 176 valence electrons. The van der Waals surface area contributed by atoms with Gasteiger partial charge in [0.1, 0.15) is 12.2 Å². The van der Waals surface area contributed by atoms with Gasteiger partial charge in [-0.2, -0.15) is 0 Å². The number of nitrogens with one attached hydrogen (secondary N) is 2. The van der Waals surface area contributed by atoms with E-state index in [0.29, 0.717) is 18.2 Å². The maximum absolute atomic E-state index is 12.5. The molecule has 0 bridgehead atoms. The number of ether oxygens (including phenoxy) is 4. The van der Waals surface area contributed by atoms with Crippen LogP contribution in [0, 0.1) is 0 Å². The first-order valence-electron chi connectivity index (χ1n) is 10.6. The van der Waals surface area contributed by atoms with Gasteiger partial charge in [0.25, 0.3) is 0 Å². The third kappa shape index (κ3) is 4.58. The molecule has 11 heteroatoms. The first-order chi connectivity index (χ1) is 16.6. The van der Waals surface area contributed by atoms with Gasteiger partial charge in [0.15, 0.2) is 6.10 Å². The summed E-state index contributed by atoms with van der Waals surface area (Å²) in [6, 6.07) is 12.2. The van der Waals surface area contributed by atoms with Crippen LogP contribution in [0.5, 0.6) is 0 Å². The van der Waals surface area contributed by atoms with Crippen molar-refractivity contribution in [1.82, 2.24) is 9.97 Å². The van der Waals surface area contributed by atoms with Crippen molar-refractivity contribution in [2.45, 2.75) is 24.4 Å². The molecule has 2 fully saturated rings. The van der Waals surface area contributed by atoms with Crippen LogP contribution in [0.1, 0.15) is 10.4 Å². The monoisotopic (exact) mass is 482 g/mol. The molecule has 0 radical (unpaired) electrons. The van der Waals surface area contributed by atoms with E-state index in [-0.39, 0.29) is 24.3 Å². The smallest absolute Gasteiger partial charge is 0.412 e. The molecule has 4 heterocycles. The number of nitrogens with zero attached hydrogens (tertiary/aromatic N) is 2. The highest BCUT2D eigenvalue weighted by atomic mass is 32.1. The maximum atomic E-state index is 12.5. The number of carbonyl (C=O) groups is 2. The number of hydrogen-bond acceptors (Lipinski definition) is 10. The van der Waals surface area contributed by atoms with E-state index in [0.717, 1.165) is 10.6 Å². The summed E-state index contributed by atoms with van der Waals surface area (Å²) >= 11 is 1.61. The number of aromatic nitrogens is 2. The lowest BCUT2D eigenvalue weighted by atomic mass is 10.1. The zero-order chi connectivity index (χ0) is 23.5. The van der Waals surface area contributed by atoms with Gasteiger partial charge < -0.3 is 24.3 Å². The Hall–Kier alpha value is -3.54. The molecule has 2 aromatic heterocycles. The lowest BCUT2D eigenvalue weighted by Crippen LogP contribution is -2.38. The van der Waals surface area contributed by atoms with Crippen LogP contribution < -0.4 is 10.6 Å². The van der Waals surface area contributed by atoms with Gasteiger partial charge in [-0.15, -0.1) is 11.3 Å². The van der Waals surface area contributed by atoms with Crippen LogP contribution in [-0.4, -0.2) is 66.7 Å². The fraction of sp³-hybridized carbons (Fsp3) is 0.304. The number of amides is 1. The summed E-state index contributed by atoms with van der Waals surface area (Å²) in [4.78, 5) is 34.4. The molecule has 34 heavy (non-hydrogen) atoms. The summed E-state index contributed by atoms with van der Waals surface area (Å²) in [5, 5.41) is 7.87. The van der Waals surface area contributed by atoms with E-state index in [9.17, 15) is 9.59 Å². The molecule has 2 aliphatic rings. The molecule has 2 saturated heterocycles. The van der Waals surface area contributed by atoms with Crippen LogP contribution in [0.2, 0.25) is 0 Å². The van der Waals surface area contributed by atoms with Crippen molar-refractivity contribution in [3.05, 3.63) is 59.6 Å². The molecule has 2 N–H and O–H groups in total. The third-order valence-electron chi connectivity index (χ3n) is 5.58. The Kier molecular flexibility index (Phi) is 6.39. The number of benzene rings is 1. The minimum absolute atomic E-state index is 0.190. The largest absolute Gasteiger partial charge is 0.465 e. The van der Waals surface area contributed by atoms with Crippen molar-refractivity contribution in [1.29, 1.82) is 0 Å². The number of para-hydroxylation sites is 1. The van der Waals surface area contributed by atoms with Crippen molar-refractivity contribution < 1.29 is 28.5 Å². The van der Waals surface area contributed by atoms with Crippen LogP contribution in [-0.2, 0) is 18.9 Å². The van der Waals surface area contributed by atoms with Crippen molar-refractivity contribution in [3.63, 3.8) is 0 Å². The number of hydrogen-bond donors (Lipinski definition) is 2. The molecule has 0 unspecified atom stereocenters. The second-order valence-corrected chi connectivity index (χ2v) is 8.64. The quantitative estimate of drug-likeness (QED) is 0.510. The van der Waals surface area contributed by atoms with Gasteiger partial charge in [0.2, 0.25) is 5.95 Å². The standard InChI is InChI=1S/C23H22N4O6S/c1-30-21(28)13-5-2-3-6-14(13)27-23(29)33-17-12-32-19-16(11-31-20(17)19)26-22-24-9-8-15(25-22)18-7-4-10-34-18/h2-10,16-17,19-20H,11-12H2,1H3,(H,27,29)(H,24,25,26)/t16-,17+,19+,20+/m0/s1. The Morgan fingerprint density at radius 3 is 2.76 bits per heavy atom. The first-order valence-corrected chi connectivity index (χ1v) is 11.5. The second kappa shape index (κ2) is 9.75.